The van der Waals surface area contributed by atoms with Crippen molar-refractivity contribution < 1.29 is 4.74 Å². The number of hydrogen-bond acceptors (Lipinski definition) is 2. The third kappa shape index (κ3) is 3.30. The number of rotatable bonds is 4. The topological polar surface area (TPSA) is 15.8 Å². The lowest BCUT2D eigenvalue weighted by Gasteiger charge is -2.31. The smallest absolute Gasteiger partial charge is 0.0936 e. The van der Waals surface area contributed by atoms with Gasteiger partial charge < -0.3 is 9.64 Å². The van der Waals surface area contributed by atoms with E-state index >= 15 is 0 Å². The second-order valence-corrected chi connectivity index (χ2v) is 5.39. The number of epoxide rings is 1. The highest BCUT2D eigenvalue weighted by molar-refractivity contribution is 5.15. The number of ether oxygens (including phenoxy) is 1. The van der Waals surface area contributed by atoms with Gasteiger partial charge >= 0.3 is 0 Å². The monoisotopic (exact) mass is 231 g/mol. The molecule has 0 N–H and O–H groups in total. The molecule has 2 aliphatic heterocycles. The fourth-order valence-corrected chi connectivity index (χ4v) is 2.78. The van der Waals surface area contributed by atoms with Crippen molar-refractivity contribution in [3.8, 4) is 0 Å². The molecule has 0 amide bonds. The van der Waals surface area contributed by atoms with Crippen LogP contribution >= 0.6 is 0 Å². The molecule has 92 valence electrons. The van der Waals surface area contributed by atoms with Crippen molar-refractivity contribution >= 4 is 0 Å². The summed E-state index contributed by atoms with van der Waals surface area (Å²) in [4.78, 5) is 2.57. The standard InChI is InChI=1S/C15H21NO/c1-2-4-13(5-3-1)10-14-6-8-16(9-7-14)11-15-12-17-15/h1-5,14-15H,6-12H2/t15-/m1/s1. The zero-order valence-electron chi connectivity index (χ0n) is 10.3. The van der Waals surface area contributed by atoms with Gasteiger partial charge in [-0.3, -0.25) is 0 Å². The van der Waals surface area contributed by atoms with E-state index in [2.05, 4.69) is 35.2 Å². The Labute approximate surface area is 104 Å². The van der Waals surface area contributed by atoms with Crippen molar-refractivity contribution in [2.45, 2.75) is 25.4 Å². The first kappa shape index (κ1) is 11.2. The first-order valence-corrected chi connectivity index (χ1v) is 6.78. The minimum absolute atomic E-state index is 0.556. The Balaban J connectivity index is 1.44. The molecule has 0 aliphatic carbocycles. The number of hydrogen-bond donors (Lipinski definition) is 0. The van der Waals surface area contributed by atoms with Gasteiger partial charge in [0.2, 0.25) is 0 Å². The van der Waals surface area contributed by atoms with Crippen LogP contribution in [0, 0.1) is 5.92 Å². The highest BCUT2D eigenvalue weighted by Gasteiger charge is 2.27. The van der Waals surface area contributed by atoms with Crippen LogP contribution in [0.2, 0.25) is 0 Å². The summed E-state index contributed by atoms with van der Waals surface area (Å²) >= 11 is 0. The average molecular weight is 231 g/mol. The van der Waals surface area contributed by atoms with Crippen LogP contribution in [-0.2, 0) is 11.2 Å². The normalized spacial score (nSPS) is 26.0. The van der Waals surface area contributed by atoms with Crippen molar-refractivity contribution in [2.75, 3.05) is 26.2 Å². The minimum Gasteiger partial charge on any atom is -0.372 e. The molecule has 0 bridgehead atoms. The molecule has 1 aromatic rings. The van der Waals surface area contributed by atoms with Gasteiger partial charge in [0.1, 0.15) is 0 Å². The molecule has 2 fully saturated rings. The third-order valence-electron chi connectivity index (χ3n) is 3.94. The molecule has 0 unspecified atom stereocenters. The van der Waals surface area contributed by atoms with Gasteiger partial charge in [0.15, 0.2) is 0 Å². The van der Waals surface area contributed by atoms with Gasteiger partial charge in [-0.15, -0.1) is 0 Å². The number of likely N-dealkylation sites (tertiary alicyclic amines) is 1. The Morgan fingerprint density at radius 1 is 1.12 bits per heavy atom. The molecule has 3 rings (SSSR count). The fraction of sp³-hybridized carbons (Fsp3) is 0.600. The largest absolute Gasteiger partial charge is 0.372 e. The molecule has 17 heavy (non-hydrogen) atoms. The van der Waals surface area contributed by atoms with E-state index in [1.54, 1.807) is 0 Å². The van der Waals surface area contributed by atoms with E-state index in [0.717, 1.165) is 19.1 Å². The molecular formula is C15H21NO. The fourth-order valence-electron chi connectivity index (χ4n) is 2.78. The summed E-state index contributed by atoms with van der Waals surface area (Å²) in [5.74, 6) is 0.883. The van der Waals surface area contributed by atoms with Crippen molar-refractivity contribution in [3.63, 3.8) is 0 Å². The maximum atomic E-state index is 5.29. The van der Waals surface area contributed by atoms with Crippen LogP contribution in [0.15, 0.2) is 30.3 Å². The summed E-state index contributed by atoms with van der Waals surface area (Å²) in [7, 11) is 0. The first-order chi connectivity index (χ1) is 8.40. The highest BCUT2D eigenvalue weighted by atomic mass is 16.6. The van der Waals surface area contributed by atoms with Gasteiger partial charge in [0.05, 0.1) is 12.7 Å². The van der Waals surface area contributed by atoms with E-state index in [9.17, 15) is 0 Å². The van der Waals surface area contributed by atoms with E-state index in [1.807, 2.05) is 0 Å². The molecule has 0 saturated carbocycles. The summed E-state index contributed by atoms with van der Waals surface area (Å²) in [6.07, 6.45) is 4.51. The van der Waals surface area contributed by atoms with Gasteiger partial charge in [-0.1, -0.05) is 30.3 Å². The molecule has 2 heterocycles. The quantitative estimate of drug-likeness (QED) is 0.739. The van der Waals surface area contributed by atoms with Gasteiger partial charge in [0.25, 0.3) is 0 Å². The Hall–Kier alpha value is -0.860. The maximum absolute atomic E-state index is 5.29. The van der Waals surface area contributed by atoms with Crippen LogP contribution in [0.25, 0.3) is 0 Å². The van der Waals surface area contributed by atoms with E-state index in [1.165, 1.54) is 37.9 Å². The average Bonchev–Trinajstić information content (AvgIpc) is 3.17. The second-order valence-electron chi connectivity index (χ2n) is 5.39. The molecule has 2 saturated heterocycles. The van der Waals surface area contributed by atoms with Gasteiger partial charge in [0, 0.05) is 6.54 Å². The SMILES string of the molecule is c1ccc(CC2CCN(C[C@@H]3CO3)CC2)cc1. The lowest BCUT2D eigenvalue weighted by molar-refractivity contribution is 0.170. The third-order valence-corrected chi connectivity index (χ3v) is 3.94. The zero-order valence-corrected chi connectivity index (χ0v) is 10.3. The number of benzene rings is 1. The van der Waals surface area contributed by atoms with Crippen molar-refractivity contribution in [2.24, 2.45) is 5.92 Å². The molecule has 1 aromatic carbocycles. The second kappa shape index (κ2) is 5.19. The van der Waals surface area contributed by atoms with Gasteiger partial charge in [-0.25, -0.2) is 0 Å². The Bertz CT molecular complexity index is 339. The van der Waals surface area contributed by atoms with E-state index in [0.29, 0.717) is 6.10 Å². The Morgan fingerprint density at radius 2 is 1.82 bits per heavy atom. The predicted molar refractivity (Wildman–Crippen MR) is 69.1 cm³/mol. The van der Waals surface area contributed by atoms with Crippen LogP contribution < -0.4 is 0 Å². The van der Waals surface area contributed by atoms with Crippen LogP contribution in [0.1, 0.15) is 18.4 Å². The molecule has 0 radical (unpaired) electrons. The van der Waals surface area contributed by atoms with Crippen LogP contribution in [0.5, 0.6) is 0 Å². The van der Waals surface area contributed by atoms with Crippen molar-refractivity contribution in [1.82, 2.24) is 4.90 Å². The lowest BCUT2D eigenvalue weighted by Crippen LogP contribution is -2.36. The summed E-state index contributed by atoms with van der Waals surface area (Å²) in [6, 6.07) is 10.9. The lowest BCUT2D eigenvalue weighted by atomic mass is 9.90. The maximum Gasteiger partial charge on any atom is 0.0936 e. The van der Waals surface area contributed by atoms with Gasteiger partial charge in [-0.05, 0) is 43.8 Å². The molecule has 1 atom stereocenters. The van der Waals surface area contributed by atoms with Crippen LogP contribution in [-0.4, -0.2) is 37.2 Å². The minimum atomic E-state index is 0.556. The molecule has 2 heteroatoms. The zero-order chi connectivity index (χ0) is 11.5. The van der Waals surface area contributed by atoms with Crippen LogP contribution in [0.3, 0.4) is 0 Å². The first-order valence-electron chi connectivity index (χ1n) is 6.78. The van der Waals surface area contributed by atoms with Crippen molar-refractivity contribution in [3.05, 3.63) is 35.9 Å². The molecule has 0 aromatic heterocycles. The highest BCUT2D eigenvalue weighted by Crippen LogP contribution is 2.23. The van der Waals surface area contributed by atoms with E-state index < -0.39 is 0 Å². The molecule has 0 spiro atoms. The summed E-state index contributed by atoms with van der Waals surface area (Å²) in [5.41, 5.74) is 1.50. The molecule has 2 aliphatic rings. The summed E-state index contributed by atoms with van der Waals surface area (Å²) < 4.78 is 5.29. The van der Waals surface area contributed by atoms with E-state index in [-0.39, 0.29) is 0 Å². The Kier molecular flexibility index (Phi) is 3.44. The summed E-state index contributed by atoms with van der Waals surface area (Å²) in [5, 5.41) is 0. The Morgan fingerprint density at radius 3 is 2.47 bits per heavy atom. The predicted octanol–water partition coefficient (Wildman–Crippen LogP) is 2.34. The molecule has 2 nitrogen and oxygen atoms in total. The van der Waals surface area contributed by atoms with Gasteiger partial charge in [-0.2, -0.15) is 0 Å². The number of piperidine rings is 1. The summed E-state index contributed by atoms with van der Waals surface area (Å²) in [6.45, 7) is 4.68. The van der Waals surface area contributed by atoms with E-state index in [4.69, 9.17) is 4.74 Å². The van der Waals surface area contributed by atoms with Crippen LogP contribution in [0.4, 0.5) is 0 Å². The molecular weight excluding hydrogens is 210 g/mol. The van der Waals surface area contributed by atoms with Crippen molar-refractivity contribution in [1.29, 1.82) is 0 Å². The number of nitrogens with zero attached hydrogens (tertiary/aromatic N) is 1.